The first kappa shape index (κ1) is 22.0. The Hall–Kier alpha value is -2.17. The van der Waals surface area contributed by atoms with Crippen molar-refractivity contribution in [2.75, 3.05) is 38.6 Å². The van der Waals surface area contributed by atoms with Crippen molar-refractivity contribution in [3.63, 3.8) is 0 Å². The molecule has 2 heterocycles. The van der Waals surface area contributed by atoms with Gasteiger partial charge in [-0.05, 0) is 75.7 Å². The largest absolute Gasteiger partial charge is 0.371 e. The van der Waals surface area contributed by atoms with Crippen molar-refractivity contribution in [2.45, 2.75) is 56.7 Å². The van der Waals surface area contributed by atoms with Crippen molar-refractivity contribution in [3.05, 3.63) is 29.6 Å². The lowest BCUT2D eigenvalue weighted by Crippen LogP contribution is -2.50. The standard InChI is InChI=1S/C24H34FN5O/c1-29(2)14-16-4-3-9-30(15-16)21-8-6-17(22(25)12-21)10-20(13-26)28-24(31)23-18-5-7-19(11-18)27-23/h6,8,12,16,18-20,23,27H,3-5,7,9-11,14-15H2,1-2H3,(H,28,31)/t16?,18?,19?,20-,23?/m0/s1. The van der Waals surface area contributed by atoms with Crippen LogP contribution in [0.5, 0.6) is 0 Å². The fraction of sp³-hybridized carbons (Fsp3) is 0.667. The van der Waals surface area contributed by atoms with Gasteiger partial charge in [0, 0.05) is 37.8 Å². The predicted molar refractivity (Wildman–Crippen MR) is 119 cm³/mol. The molecule has 0 spiro atoms. The van der Waals surface area contributed by atoms with Crippen molar-refractivity contribution < 1.29 is 9.18 Å². The zero-order valence-electron chi connectivity index (χ0n) is 18.6. The topological polar surface area (TPSA) is 71.4 Å². The fourth-order valence-electron chi connectivity index (χ4n) is 5.62. The third-order valence-corrected chi connectivity index (χ3v) is 7.08. The van der Waals surface area contributed by atoms with E-state index in [-0.39, 0.29) is 24.2 Å². The minimum atomic E-state index is -0.728. The molecule has 31 heavy (non-hydrogen) atoms. The highest BCUT2D eigenvalue weighted by Gasteiger charge is 2.43. The summed E-state index contributed by atoms with van der Waals surface area (Å²) in [6.07, 6.45) is 5.73. The van der Waals surface area contributed by atoms with Crippen LogP contribution in [-0.2, 0) is 11.2 Å². The van der Waals surface area contributed by atoms with Crippen LogP contribution in [0.15, 0.2) is 18.2 Å². The average Bonchev–Trinajstić information content (AvgIpc) is 3.38. The van der Waals surface area contributed by atoms with Gasteiger partial charge in [0.15, 0.2) is 0 Å². The number of fused-ring (bicyclic) bond motifs is 2. The first-order valence-electron chi connectivity index (χ1n) is 11.6. The zero-order chi connectivity index (χ0) is 22.0. The van der Waals surface area contributed by atoms with E-state index in [1.165, 1.54) is 6.42 Å². The van der Waals surface area contributed by atoms with Crippen molar-refractivity contribution in [3.8, 4) is 6.07 Å². The summed E-state index contributed by atoms with van der Waals surface area (Å²) in [5.74, 6) is 0.515. The molecule has 1 aliphatic carbocycles. The van der Waals surface area contributed by atoms with Crippen molar-refractivity contribution >= 4 is 11.6 Å². The summed E-state index contributed by atoms with van der Waals surface area (Å²) < 4.78 is 14.9. The molecule has 1 amide bonds. The lowest BCUT2D eigenvalue weighted by Gasteiger charge is -2.35. The Morgan fingerprint density at radius 3 is 2.87 bits per heavy atom. The Balaban J connectivity index is 1.36. The normalized spacial score (nSPS) is 28.5. The van der Waals surface area contributed by atoms with Gasteiger partial charge in [-0.3, -0.25) is 4.79 Å². The molecule has 3 aliphatic rings. The quantitative estimate of drug-likeness (QED) is 0.699. The summed E-state index contributed by atoms with van der Waals surface area (Å²) >= 11 is 0. The smallest absolute Gasteiger partial charge is 0.238 e. The highest BCUT2D eigenvalue weighted by Crippen LogP contribution is 2.35. The highest BCUT2D eigenvalue weighted by atomic mass is 19.1. The molecule has 1 aromatic rings. The van der Waals surface area contributed by atoms with E-state index in [0.717, 1.165) is 51.0 Å². The molecule has 6 nitrogen and oxygen atoms in total. The van der Waals surface area contributed by atoms with Gasteiger partial charge in [0.1, 0.15) is 11.9 Å². The van der Waals surface area contributed by atoms with Gasteiger partial charge in [-0.25, -0.2) is 4.39 Å². The third-order valence-electron chi connectivity index (χ3n) is 7.08. The van der Waals surface area contributed by atoms with Gasteiger partial charge in [-0.2, -0.15) is 5.26 Å². The minimum Gasteiger partial charge on any atom is -0.371 e. The molecule has 0 radical (unpaired) electrons. The van der Waals surface area contributed by atoms with Crippen LogP contribution in [0.3, 0.4) is 0 Å². The molecule has 2 aliphatic heterocycles. The van der Waals surface area contributed by atoms with E-state index in [1.54, 1.807) is 12.1 Å². The molecule has 1 aromatic carbocycles. The molecular formula is C24H34FN5O. The fourth-order valence-corrected chi connectivity index (χ4v) is 5.62. The number of nitrogens with zero attached hydrogens (tertiary/aromatic N) is 3. The summed E-state index contributed by atoms with van der Waals surface area (Å²) in [5, 5.41) is 15.7. The van der Waals surface area contributed by atoms with Crippen LogP contribution < -0.4 is 15.5 Å². The van der Waals surface area contributed by atoms with Gasteiger partial charge in [0.25, 0.3) is 0 Å². The van der Waals surface area contributed by atoms with Crippen LogP contribution in [-0.4, -0.2) is 62.7 Å². The van der Waals surface area contributed by atoms with Crippen molar-refractivity contribution in [1.29, 1.82) is 5.26 Å². The first-order chi connectivity index (χ1) is 14.9. The van der Waals surface area contributed by atoms with Crippen LogP contribution in [0.25, 0.3) is 0 Å². The maximum atomic E-state index is 14.9. The number of halogens is 1. The molecule has 3 fully saturated rings. The number of amides is 1. The van der Waals surface area contributed by atoms with Gasteiger partial charge >= 0.3 is 0 Å². The van der Waals surface area contributed by atoms with Crippen molar-refractivity contribution in [2.24, 2.45) is 11.8 Å². The van der Waals surface area contributed by atoms with Crippen LogP contribution >= 0.6 is 0 Å². The number of carbonyl (C=O) groups is 1. The van der Waals surface area contributed by atoms with Gasteiger partial charge < -0.3 is 20.4 Å². The molecule has 2 bridgehead atoms. The van der Waals surface area contributed by atoms with E-state index in [0.29, 0.717) is 23.4 Å². The van der Waals surface area contributed by atoms with E-state index in [1.807, 2.05) is 6.07 Å². The van der Waals surface area contributed by atoms with E-state index in [4.69, 9.17) is 0 Å². The average molecular weight is 428 g/mol. The molecule has 7 heteroatoms. The number of rotatable bonds is 7. The number of hydrogen-bond acceptors (Lipinski definition) is 5. The van der Waals surface area contributed by atoms with Crippen LogP contribution in [0.2, 0.25) is 0 Å². The Morgan fingerprint density at radius 2 is 2.23 bits per heavy atom. The number of benzene rings is 1. The third kappa shape index (κ3) is 5.19. The summed E-state index contributed by atoms with van der Waals surface area (Å²) in [6, 6.07) is 6.93. The van der Waals surface area contributed by atoms with Crippen LogP contribution in [0.1, 0.15) is 37.7 Å². The molecule has 1 saturated carbocycles. The second-order valence-corrected chi connectivity index (χ2v) is 9.80. The predicted octanol–water partition coefficient (Wildman–Crippen LogP) is 2.30. The lowest BCUT2D eigenvalue weighted by atomic mass is 9.96. The van der Waals surface area contributed by atoms with Gasteiger partial charge in [0.2, 0.25) is 5.91 Å². The molecule has 5 atom stereocenters. The summed E-state index contributed by atoms with van der Waals surface area (Å²) in [4.78, 5) is 17.1. The van der Waals surface area contributed by atoms with E-state index < -0.39 is 6.04 Å². The zero-order valence-corrected chi connectivity index (χ0v) is 18.6. The number of nitriles is 1. The maximum Gasteiger partial charge on any atom is 0.238 e. The highest BCUT2D eigenvalue weighted by molar-refractivity contribution is 5.83. The molecule has 0 aromatic heterocycles. The summed E-state index contributed by atoms with van der Waals surface area (Å²) in [5.41, 5.74) is 1.37. The molecule has 4 unspecified atom stereocenters. The molecule has 2 N–H and O–H groups in total. The Bertz CT molecular complexity index is 838. The SMILES string of the molecule is CN(C)CC1CCCN(c2ccc(C[C@@H](C#N)NC(=O)C3NC4CCC3C4)c(F)c2)C1. The van der Waals surface area contributed by atoms with E-state index in [2.05, 4.69) is 40.6 Å². The summed E-state index contributed by atoms with van der Waals surface area (Å²) in [6.45, 7) is 2.92. The Kier molecular flexibility index (Phi) is 6.78. The molecule has 2 saturated heterocycles. The number of nitrogens with one attached hydrogen (secondary N) is 2. The van der Waals surface area contributed by atoms with E-state index in [9.17, 15) is 14.4 Å². The maximum absolute atomic E-state index is 14.9. The second-order valence-electron chi connectivity index (χ2n) is 9.80. The molecule has 4 rings (SSSR count). The number of hydrogen-bond donors (Lipinski definition) is 2. The van der Waals surface area contributed by atoms with Crippen LogP contribution in [0, 0.1) is 29.0 Å². The Labute approximate surface area is 184 Å². The van der Waals surface area contributed by atoms with E-state index >= 15 is 0 Å². The second kappa shape index (κ2) is 9.54. The number of carbonyl (C=O) groups excluding carboxylic acids is 1. The van der Waals surface area contributed by atoms with Gasteiger partial charge in [0.05, 0.1) is 12.1 Å². The van der Waals surface area contributed by atoms with Gasteiger partial charge in [-0.1, -0.05) is 6.07 Å². The van der Waals surface area contributed by atoms with Gasteiger partial charge in [-0.15, -0.1) is 0 Å². The van der Waals surface area contributed by atoms with Crippen LogP contribution in [0.4, 0.5) is 10.1 Å². The first-order valence-corrected chi connectivity index (χ1v) is 11.6. The summed E-state index contributed by atoms with van der Waals surface area (Å²) in [7, 11) is 4.18. The lowest BCUT2D eigenvalue weighted by molar-refractivity contribution is -0.124. The Morgan fingerprint density at radius 1 is 1.39 bits per heavy atom. The molecule has 168 valence electrons. The monoisotopic (exact) mass is 427 g/mol. The molecular weight excluding hydrogens is 393 g/mol. The minimum absolute atomic E-state index is 0.129. The van der Waals surface area contributed by atoms with Crippen molar-refractivity contribution in [1.82, 2.24) is 15.5 Å². The number of piperidine rings is 2. The number of anilines is 1.